The Morgan fingerprint density at radius 3 is 2.59 bits per heavy atom. The van der Waals surface area contributed by atoms with Crippen molar-refractivity contribution in [3.05, 3.63) is 80.7 Å². The van der Waals surface area contributed by atoms with Gasteiger partial charge in [0, 0.05) is 46.0 Å². The highest BCUT2D eigenvalue weighted by Crippen LogP contribution is 2.29. The van der Waals surface area contributed by atoms with Gasteiger partial charge >= 0.3 is 0 Å². The molecule has 1 aliphatic rings. The predicted octanol–water partition coefficient (Wildman–Crippen LogP) is 5.94. The van der Waals surface area contributed by atoms with Gasteiger partial charge in [-0.1, -0.05) is 35.3 Å². The van der Waals surface area contributed by atoms with Crippen molar-refractivity contribution in [2.45, 2.75) is 58.8 Å². The van der Waals surface area contributed by atoms with Crippen molar-refractivity contribution in [3.8, 4) is 22.5 Å². The summed E-state index contributed by atoms with van der Waals surface area (Å²) >= 11 is 12.8. The molecule has 7 nitrogen and oxygen atoms in total. The normalized spacial score (nSPS) is 15.8. The monoisotopic (exact) mass is 563 g/mol. The fraction of sp³-hybridized carbons (Fsp3) is 0.333. The average Bonchev–Trinajstić information content (AvgIpc) is 3.28. The van der Waals surface area contributed by atoms with Crippen LogP contribution in [0, 0.1) is 0 Å². The van der Waals surface area contributed by atoms with Crippen LogP contribution in [0.2, 0.25) is 10.0 Å². The number of nitrogens with one attached hydrogen (secondary N) is 1. The number of carbonyl (C=O) groups is 1. The molecule has 1 saturated heterocycles. The van der Waals surface area contributed by atoms with Crippen LogP contribution in [0.25, 0.3) is 33.5 Å². The zero-order chi connectivity index (χ0) is 27.7. The summed E-state index contributed by atoms with van der Waals surface area (Å²) in [5, 5.41) is 4.31. The van der Waals surface area contributed by atoms with E-state index in [0.717, 1.165) is 29.8 Å². The van der Waals surface area contributed by atoms with Gasteiger partial charge in [-0.2, -0.15) is 0 Å². The standard InChI is InChI=1S/C30H31Cl2N5O2/c1-18(2)34-27(38)17-37-29(21-7-4-8-24(31)12-21)35-28-26(30(37)39)14-23(15-33-28)22-10-20(11-25(32)13-22)16-36-9-5-6-19(36)3/h4,7-8,10-15,18-19H,5-6,9,16-17H2,1-3H3,(H,34,38)/t19-/m0/s1. The van der Waals surface area contributed by atoms with Gasteiger partial charge in [0.25, 0.3) is 5.56 Å². The molecule has 0 unspecified atom stereocenters. The van der Waals surface area contributed by atoms with Crippen LogP contribution in [0.5, 0.6) is 0 Å². The Kier molecular flexibility index (Phi) is 8.03. The molecular formula is C30H31Cl2N5O2. The maximum atomic E-state index is 13.8. The van der Waals surface area contributed by atoms with Crippen LogP contribution in [0.3, 0.4) is 0 Å². The number of benzene rings is 2. The number of pyridine rings is 1. The molecule has 0 bridgehead atoms. The number of likely N-dealkylation sites (tertiary alicyclic amines) is 1. The fourth-order valence-corrected chi connectivity index (χ4v) is 5.59. The van der Waals surface area contributed by atoms with E-state index in [9.17, 15) is 9.59 Å². The lowest BCUT2D eigenvalue weighted by atomic mass is 10.0. The van der Waals surface area contributed by atoms with Crippen LogP contribution in [-0.4, -0.2) is 44.0 Å². The number of amides is 1. The Labute approximate surface area is 237 Å². The van der Waals surface area contributed by atoms with Gasteiger partial charge in [0.1, 0.15) is 12.4 Å². The Morgan fingerprint density at radius 1 is 1.08 bits per heavy atom. The van der Waals surface area contributed by atoms with Crippen molar-refractivity contribution < 1.29 is 4.79 Å². The molecule has 9 heteroatoms. The van der Waals surface area contributed by atoms with Crippen molar-refractivity contribution >= 4 is 40.1 Å². The summed E-state index contributed by atoms with van der Waals surface area (Å²) < 4.78 is 1.38. The highest BCUT2D eigenvalue weighted by Gasteiger charge is 2.21. The van der Waals surface area contributed by atoms with Crippen LogP contribution in [0.4, 0.5) is 0 Å². The minimum absolute atomic E-state index is 0.0647. The summed E-state index contributed by atoms with van der Waals surface area (Å²) in [7, 11) is 0. The first-order valence-electron chi connectivity index (χ1n) is 13.2. The molecule has 0 aliphatic carbocycles. The fourth-order valence-electron chi connectivity index (χ4n) is 5.14. The van der Waals surface area contributed by atoms with Crippen molar-refractivity contribution in [1.82, 2.24) is 24.8 Å². The molecule has 202 valence electrons. The molecule has 3 heterocycles. The Hall–Kier alpha value is -3.26. The van der Waals surface area contributed by atoms with Crippen LogP contribution in [0.1, 0.15) is 39.2 Å². The summed E-state index contributed by atoms with van der Waals surface area (Å²) in [5.41, 5.74) is 3.32. The zero-order valence-corrected chi connectivity index (χ0v) is 23.8. The number of aromatic nitrogens is 3. The SMILES string of the molecule is CC(C)NC(=O)Cn1c(-c2cccc(Cl)c2)nc2ncc(-c3cc(Cl)cc(CN4CCC[C@@H]4C)c3)cc2c1=O. The van der Waals surface area contributed by atoms with E-state index in [2.05, 4.69) is 28.2 Å². The lowest BCUT2D eigenvalue weighted by Gasteiger charge is -2.21. The number of nitrogens with zero attached hydrogens (tertiary/aromatic N) is 4. The lowest BCUT2D eigenvalue weighted by Crippen LogP contribution is -2.37. The second kappa shape index (κ2) is 11.5. The van der Waals surface area contributed by atoms with Crippen molar-refractivity contribution in [2.75, 3.05) is 6.54 Å². The Bertz CT molecular complexity index is 1600. The summed E-state index contributed by atoms with van der Waals surface area (Å²) in [6.45, 7) is 7.71. The van der Waals surface area contributed by atoms with E-state index in [1.54, 1.807) is 36.5 Å². The summed E-state index contributed by atoms with van der Waals surface area (Å²) in [4.78, 5) is 38.3. The van der Waals surface area contributed by atoms with Crippen LogP contribution in [0.15, 0.2) is 59.5 Å². The van der Waals surface area contributed by atoms with Crippen molar-refractivity contribution in [1.29, 1.82) is 0 Å². The highest BCUT2D eigenvalue weighted by molar-refractivity contribution is 6.31. The summed E-state index contributed by atoms with van der Waals surface area (Å²) in [5.74, 6) is 0.0511. The van der Waals surface area contributed by atoms with E-state index >= 15 is 0 Å². The zero-order valence-electron chi connectivity index (χ0n) is 22.2. The van der Waals surface area contributed by atoms with Gasteiger partial charge in [0.15, 0.2) is 5.65 Å². The first kappa shape index (κ1) is 27.3. The average molecular weight is 565 g/mol. The molecule has 2 aromatic carbocycles. The van der Waals surface area contributed by atoms with Crippen LogP contribution >= 0.6 is 23.2 Å². The minimum atomic E-state index is -0.351. The minimum Gasteiger partial charge on any atom is -0.352 e. The molecule has 5 rings (SSSR count). The number of hydrogen-bond donors (Lipinski definition) is 1. The van der Waals surface area contributed by atoms with Gasteiger partial charge in [0.2, 0.25) is 5.91 Å². The van der Waals surface area contributed by atoms with E-state index in [0.29, 0.717) is 38.5 Å². The van der Waals surface area contributed by atoms with Gasteiger partial charge in [0.05, 0.1) is 5.39 Å². The lowest BCUT2D eigenvalue weighted by molar-refractivity contribution is -0.122. The molecule has 1 N–H and O–H groups in total. The van der Waals surface area contributed by atoms with E-state index in [4.69, 9.17) is 28.2 Å². The molecule has 0 radical (unpaired) electrons. The van der Waals surface area contributed by atoms with E-state index in [1.165, 1.54) is 17.4 Å². The van der Waals surface area contributed by atoms with E-state index < -0.39 is 0 Å². The molecule has 0 spiro atoms. The molecule has 1 amide bonds. The molecule has 0 saturated carbocycles. The molecule has 1 fully saturated rings. The van der Waals surface area contributed by atoms with Crippen molar-refractivity contribution in [3.63, 3.8) is 0 Å². The maximum Gasteiger partial charge on any atom is 0.263 e. The first-order valence-corrected chi connectivity index (χ1v) is 13.9. The van der Waals surface area contributed by atoms with Crippen molar-refractivity contribution in [2.24, 2.45) is 0 Å². The third-order valence-corrected chi connectivity index (χ3v) is 7.46. The van der Waals surface area contributed by atoms with Gasteiger partial charge in [-0.3, -0.25) is 19.1 Å². The molecule has 39 heavy (non-hydrogen) atoms. The molecule has 1 atom stereocenters. The van der Waals surface area contributed by atoms with E-state index in [1.807, 2.05) is 26.0 Å². The third kappa shape index (κ3) is 6.16. The maximum absolute atomic E-state index is 13.8. The van der Waals surface area contributed by atoms with Crippen LogP contribution in [-0.2, 0) is 17.9 Å². The number of carbonyl (C=O) groups excluding carboxylic acids is 1. The van der Waals surface area contributed by atoms with Gasteiger partial charge in [-0.15, -0.1) is 0 Å². The van der Waals surface area contributed by atoms with Gasteiger partial charge in [-0.05, 0) is 87.7 Å². The smallest absolute Gasteiger partial charge is 0.263 e. The predicted molar refractivity (Wildman–Crippen MR) is 157 cm³/mol. The second-order valence-corrected chi connectivity index (χ2v) is 11.3. The quantitative estimate of drug-likeness (QED) is 0.301. The number of halogens is 2. The summed E-state index contributed by atoms with van der Waals surface area (Å²) in [6.07, 6.45) is 4.11. The number of hydrogen-bond acceptors (Lipinski definition) is 5. The van der Waals surface area contributed by atoms with Crippen LogP contribution < -0.4 is 10.9 Å². The number of fused-ring (bicyclic) bond motifs is 1. The first-order chi connectivity index (χ1) is 18.7. The Balaban J connectivity index is 1.59. The topological polar surface area (TPSA) is 80.1 Å². The molecule has 1 aliphatic heterocycles. The Morgan fingerprint density at radius 2 is 1.87 bits per heavy atom. The largest absolute Gasteiger partial charge is 0.352 e. The summed E-state index contributed by atoms with van der Waals surface area (Å²) in [6, 6.07) is 15.3. The molecule has 2 aromatic heterocycles. The van der Waals surface area contributed by atoms with Gasteiger partial charge < -0.3 is 5.32 Å². The van der Waals surface area contributed by atoms with Gasteiger partial charge in [-0.25, -0.2) is 9.97 Å². The third-order valence-electron chi connectivity index (χ3n) is 7.01. The number of rotatable bonds is 7. The highest BCUT2D eigenvalue weighted by atomic mass is 35.5. The second-order valence-electron chi connectivity index (χ2n) is 10.5. The molecule has 4 aromatic rings. The van der Waals surface area contributed by atoms with E-state index in [-0.39, 0.29) is 24.1 Å². The molecular weight excluding hydrogens is 533 g/mol.